The van der Waals surface area contributed by atoms with E-state index in [1.807, 2.05) is 30.3 Å². The SMILES string of the molecule is CCCCCOc1ccc(-c2ccc(CCc3ccc(C4=CCC(C)CC4)c(F)c3F)cc2)c(F)c1. The van der Waals surface area contributed by atoms with Crippen LogP contribution >= 0.6 is 0 Å². The van der Waals surface area contributed by atoms with Crippen LogP contribution in [0.2, 0.25) is 0 Å². The summed E-state index contributed by atoms with van der Waals surface area (Å²) in [5, 5.41) is 0. The summed E-state index contributed by atoms with van der Waals surface area (Å²) in [6.07, 6.45) is 8.89. The Kier molecular flexibility index (Phi) is 8.90. The topological polar surface area (TPSA) is 9.23 Å². The molecule has 1 atom stereocenters. The van der Waals surface area contributed by atoms with Gasteiger partial charge < -0.3 is 4.74 Å². The second-order valence-electron chi connectivity index (χ2n) is 9.90. The summed E-state index contributed by atoms with van der Waals surface area (Å²) in [7, 11) is 0. The first-order valence-electron chi connectivity index (χ1n) is 13.1. The van der Waals surface area contributed by atoms with Gasteiger partial charge in [0.2, 0.25) is 0 Å². The van der Waals surface area contributed by atoms with Crippen molar-refractivity contribution in [2.75, 3.05) is 6.61 Å². The van der Waals surface area contributed by atoms with E-state index in [4.69, 9.17) is 4.74 Å². The minimum Gasteiger partial charge on any atom is -0.493 e. The minimum absolute atomic E-state index is 0.323. The lowest BCUT2D eigenvalue weighted by Gasteiger charge is -2.19. The Balaban J connectivity index is 1.38. The third-order valence-corrected chi connectivity index (χ3v) is 7.09. The molecule has 0 spiro atoms. The predicted octanol–water partition coefficient (Wildman–Crippen LogP) is 9.33. The molecule has 1 aliphatic carbocycles. The van der Waals surface area contributed by atoms with Gasteiger partial charge in [-0.25, -0.2) is 13.2 Å². The molecule has 3 aromatic rings. The lowest BCUT2D eigenvalue weighted by molar-refractivity contribution is 0.305. The Morgan fingerprint density at radius 1 is 0.861 bits per heavy atom. The van der Waals surface area contributed by atoms with Gasteiger partial charge in [-0.2, -0.15) is 0 Å². The Morgan fingerprint density at radius 2 is 1.64 bits per heavy atom. The van der Waals surface area contributed by atoms with E-state index < -0.39 is 11.6 Å². The van der Waals surface area contributed by atoms with E-state index in [-0.39, 0.29) is 5.82 Å². The summed E-state index contributed by atoms with van der Waals surface area (Å²) in [5.41, 5.74) is 3.96. The molecule has 1 unspecified atom stereocenters. The highest BCUT2D eigenvalue weighted by atomic mass is 19.2. The van der Waals surface area contributed by atoms with Crippen LogP contribution in [0, 0.1) is 23.4 Å². The van der Waals surface area contributed by atoms with Crippen LogP contribution in [-0.2, 0) is 12.8 Å². The van der Waals surface area contributed by atoms with Gasteiger partial charge in [-0.05, 0) is 78.8 Å². The Hall–Kier alpha value is -3.01. The lowest BCUT2D eigenvalue weighted by atomic mass is 9.87. The van der Waals surface area contributed by atoms with Crippen molar-refractivity contribution < 1.29 is 17.9 Å². The zero-order chi connectivity index (χ0) is 25.5. The molecule has 4 heteroatoms. The van der Waals surface area contributed by atoms with Gasteiger partial charge in [0.1, 0.15) is 11.6 Å². The number of hydrogen-bond donors (Lipinski definition) is 0. The van der Waals surface area contributed by atoms with Gasteiger partial charge in [-0.3, -0.25) is 0 Å². The summed E-state index contributed by atoms with van der Waals surface area (Å²) >= 11 is 0. The van der Waals surface area contributed by atoms with E-state index in [1.165, 1.54) is 6.07 Å². The van der Waals surface area contributed by atoms with Crippen LogP contribution < -0.4 is 4.74 Å². The highest BCUT2D eigenvalue weighted by Gasteiger charge is 2.19. The number of hydrogen-bond acceptors (Lipinski definition) is 1. The molecule has 0 N–H and O–H groups in total. The molecule has 0 saturated carbocycles. The summed E-state index contributed by atoms with van der Waals surface area (Å²) < 4.78 is 50.0. The molecule has 36 heavy (non-hydrogen) atoms. The number of allylic oxidation sites excluding steroid dienone is 2. The Morgan fingerprint density at radius 3 is 2.33 bits per heavy atom. The van der Waals surface area contributed by atoms with E-state index in [0.717, 1.165) is 55.2 Å². The maximum atomic E-state index is 14.8. The van der Waals surface area contributed by atoms with Gasteiger partial charge >= 0.3 is 0 Å². The molecule has 1 nitrogen and oxygen atoms in total. The molecule has 0 fully saturated rings. The second kappa shape index (κ2) is 12.3. The number of unbranched alkanes of at least 4 members (excludes halogenated alkanes) is 2. The molecule has 0 amide bonds. The van der Waals surface area contributed by atoms with Gasteiger partial charge in [0.05, 0.1) is 6.61 Å². The van der Waals surface area contributed by atoms with Crippen LogP contribution in [0.25, 0.3) is 16.7 Å². The highest BCUT2D eigenvalue weighted by molar-refractivity contribution is 5.67. The summed E-state index contributed by atoms with van der Waals surface area (Å²) in [6, 6.07) is 16.0. The van der Waals surface area contributed by atoms with Crippen LogP contribution in [0.5, 0.6) is 5.75 Å². The first kappa shape index (κ1) is 26.1. The lowest BCUT2D eigenvalue weighted by Crippen LogP contribution is -2.05. The summed E-state index contributed by atoms with van der Waals surface area (Å²) in [4.78, 5) is 0. The predicted molar refractivity (Wildman–Crippen MR) is 142 cm³/mol. The van der Waals surface area contributed by atoms with Crippen LogP contribution in [0.4, 0.5) is 13.2 Å². The molecule has 3 aromatic carbocycles. The second-order valence-corrected chi connectivity index (χ2v) is 9.90. The van der Waals surface area contributed by atoms with Crippen LogP contribution in [0.15, 0.2) is 60.7 Å². The molecule has 1 aliphatic rings. The fraction of sp³-hybridized carbons (Fsp3) is 0.375. The molecule has 190 valence electrons. The third kappa shape index (κ3) is 6.40. The smallest absolute Gasteiger partial charge is 0.166 e. The summed E-state index contributed by atoms with van der Waals surface area (Å²) in [6.45, 7) is 4.90. The van der Waals surface area contributed by atoms with Crippen molar-refractivity contribution in [2.45, 2.75) is 65.2 Å². The van der Waals surface area contributed by atoms with E-state index in [9.17, 15) is 13.2 Å². The normalized spacial score (nSPS) is 15.6. The van der Waals surface area contributed by atoms with Gasteiger partial charge in [0.15, 0.2) is 11.6 Å². The molecular weight excluding hydrogens is 457 g/mol. The number of benzene rings is 3. The van der Waals surface area contributed by atoms with E-state index in [0.29, 0.717) is 47.8 Å². The molecule has 0 aromatic heterocycles. The average Bonchev–Trinajstić information content (AvgIpc) is 2.89. The molecule has 4 rings (SSSR count). The van der Waals surface area contributed by atoms with Gasteiger partial charge in [-0.15, -0.1) is 0 Å². The van der Waals surface area contributed by atoms with Gasteiger partial charge in [-0.1, -0.05) is 69.2 Å². The highest BCUT2D eigenvalue weighted by Crippen LogP contribution is 2.33. The largest absolute Gasteiger partial charge is 0.493 e. The Bertz CT molecular complexity index is 1200. The first-order valence-corrected chi connectivity index (χ1v) is 13.1. The third-order valence-electron chi connectivity index (χ3n) is 7.09. The van der Waals surface area contributed by atoms with Crippen molar-refractivity contribution in [3.63, 3.8) is 0 Å². The minimum atomic E-state index is -0.747. The maximum absolute atomic E-state index is 14.8. The Labute approximate surface area is 213 Å². The van der Waals surface area contributed by atoms with Crippen molar-refractivity contribution in [3.8, 4) is 16.9 Å². The summed E-state index contributed by atoms with van der Waals surface area (Å²) in [5.74, 6) is -0.674. The maximum Gasteiger partial charge on any atom is 0.166 e. The van der Waals surface area contributed by atoms with Gasteiger partial charge in [0, 0.05) is 17.2 Å². The fourth-order valence-corrected chi connectivity index (χ4v) is 4.73. The van der Waals surface area contributed by atoms with E-state index in [2.05, 4.69) is 13.8 Å². The first-order chi connectivity index (χ1) is 17.5. The molecular formula is C32H35F3O. The van der Waals surface area contributed by atoms with Crippen molar-refractivity contribution in [1.82, 2.24) is 0 Å². The molecule has 0 radical (unpaired) electrons. The number of halogens is 3. The van der Waals surface area contributed by atoms with Crippen LogP contribution in [0.3, 0.4) is 0 Å². The quantitative estimate of drug-likeness (QED) is 0.256. The van der Waals surface area contributed by atoms with Crippen molar-refractivity contribution in [2.24, 2.45) is 5.92 Å². The van der Waals surface area contributed by atoms with Crippen LogP contribution in [0.1, 0.15) is 69.1 Å². The van der Waals surface area contributed by atoms with Crippen molar-refractivity contribution >= 4 is 5.57 Å². The monoisotopic (exact) mass is 492 g/mol. The zero-order valence-electron chi connectivity index (χ0n) is 21.3. The van der Waals surface area contributed by atoms with E-state index in [1.54, 1.807) is 24.3 Å². The number of rotatable bonds is 10. The zero-order valence-corrected chi connectivity index (χ0v) is 21.3. The number of aryl methyl sites for hydroxylation is 2. The van der Waals surface area contributed by atoms with Crippen LogP contribution in [-0.4, -0.2) is 6.61 Å². The van der Waals surface area contributed by atoms with Crippen molar-refractivity contribution in [3.05, 3.63) is 94.8 Å². The number of ether oxygens (including phenoxy) is 1. The molecule has 0 heterocycles. The van der Waals surface area contributed by atoms with Gasteiger partial charge in [0.25, 0.3) is 0 Å². The standard InChI is InChI=1S/C32H35F3O/c1-3-4-5-20-36-27-17-19-28(30(33)21-27)24-13-8-23(9-14-24)10-15-26-16-18-29(32(35)31(26)34)25-11-6-22(2)7-12-25/h8-9,11,13-14,16-19,21-22H,3-7,10,12,15,20H2,1-2H3. The molecule has 0 aliphatic heterocycles. The average molecular weight is 493 g/mol. The van der Waals surface area contributed by atoms with Crippen molar-refractivity contribution in [1.29, 1.82) is 0 Å². The molecule has 0 saturated heterocycles. The van der Waals surface area contributed by atoms with E-state index >= 15 is 0 Å². The molecule has 0 bridgehead atoms. The fourth-order valence-electron chi connectivity index (χ4n) is 4.73.